The van der Waals surface area contributed by atoms with Crippen LogP contribution >= 0.6 is 0 Å². The second kappa shape index (κ2) is 6.26. The second-order valence-electron chi connectivity index (χ2n) is 4.96. The smallest absolute Gasteiger partial charge is 0.367 e. The van der Waals surface area contributed by atoms with E-state index in [-0.39, 0.29) is 0 Å². The third-order valence-corrected chi connectivity index (χ3v) is 3.31. The van der Waals surface area contributed by atoms with Crippen molar-refractivity contribution in [1.29, 1.82) is 0 Å². The Bertz CT molecular complexity index is 731. The molecule has 110 valence electrons. The van der Waals surface area contributed by atoms with Crippen LogP contribution in [0.3, 0.4) is 0 Å². The summed E-state index contributed by atoms with van der Waals surface area (Å²) in [5.74, 6) is 0.368. The van der Waals surface area contributed by atoms with Crippen LogP contribution in [0.5, 0.6) is 5.75 Å². The molecule has 0 fully saturated rings. The Morgan fingerprint density at radius 1 is 1.09 bits per heavy atom. The summed E-state index contributed by atoms with van der Waals surface area (Å²) < 4.78 is 5.72. The molecule has 0 saturated heterocycles. The van der Waals surface area contributed by atoms with E-state index in [4.69, 9.17) is 4.74 Å². The van der Waals surface area contributed by atoms with Gasteiger partial charge in [-0.3, -0.25) is 0 Å². The van der Waals surface area contributed by atoms with Gasteiger partial charge in [0.15, 0.2) is 0 Å². The Morgan fingerprint density at radius 3 is 2.45 bits per heavy atom. The molecule has 0 aliphatic carbocycles. The van der Waals surface area contributed by atoms with Crippen LogP contribution in [-0.2, 0) is 16.2 Å². The van der Waals surface area contributed by atoms with Crippen molar-refractivity contribution in [2.45, 2.75) is 13.5 Å². The van der Waals surface area contributed by atoms with Gasteiger partial charge in [-0.25, -0.2) is 4.79 Å². The van der Waals surface area contributed by atoms with Gasteiger partial charge in [0.25, 0.3) is 0 Å². The third-order valence-electron chi connectivity index (χ3n) is 3.31. The average molecular weight is 293 g/mol. The standard InChI is InChI=1S/C18H15NO3/c1-13-17(18(20)22-19-13)11-14-7-9-16(10-8-14)21-12-15-5-3-2-4-6-15/h2-11H,12H2,1H3. The van der Waals surface area contributed by atoms with Gasteiger partial charge in [-0.15, -0.1) is 0 Å². The highest BCUT2D eigenvalue weighted by Crippen LogP contribution is 2.19. The summed E-state index contributed by atoms with van der Waals surface area (Å²) in [6.45, 7) is 2.27. The molecule has 0 N–H and O–H groups in total. The van der Waals surface area contributed by atoms with E-state index < -0.39 is 5.97 Å². The third kappa shape index (κ3) is 3.23. The number of hydrogen-bond donors (Lipinski definition) is 0. The highest BCUT2D eigenvalue weighted by molar-refractivity contribution is 6.24. The lowest BCUT2D eigenvalue weighted by molar-refractivity contribution is -0.136. The Kier molecular flexibility index (Phi) is 4.01. The number of benzene rings is 2. The second-order valence-corrected chi connectivity index (χ2v) is 4.96. The fraction of sp³-hybridized carbons (Fsp3) is 0.111. The molecule has 1 aliphatic heterocycles. The molecule has 2 aromatic carbocycles. The summed E-state index contributed by atoms with van der Waals surface area (Å²) in [5.41, 5.74) is 3.09. The summed E-state index contributed by atoms with van der Waals surface area (Å²) in [5, 5.41) is 3.65. The molecule has 4 heteroatoms. The van der Waals surface area contributed by atoms with Crippen molar-refractivity contribution in [2.75, 3.05) is 0 Å². The zero-order chi connectivity index (χ0) is 15.4. The number of carbonyl (C=O) groups is 1. The molecule has 2 aromatic rings. The maximum absolute atomic E-state index is 11.5. The molecule has 0 atom stereocenters. The number of oxime groups is 1. The fourth-order valence-corrected chi connectivity index (χ4v) is 2.09. The summed E-state index contributed by atoms with van der Waals surface area (Å²) in [6, 6.07) is 17.5. The zero-order valence-corrected chi connectivity index (χ0v) is 12.2. The number of hydrogen-bond acceptors (Lipinski definition) is 4. The topological polar surface area (TPSA) is 47.9 Å². The molecule has 0 radical (unpaired) electrons. The molecule has 0 aromatic heterocycles. The van der Waals surface area contributed by atoms with E-state index in [0.29, 0.717) is 17.9 Å². The molecule has 0 saturated carbocycles. The van der Waals surface area contributed by atoms with Crippen molar-refractivity contribution in [2.24, 2.45) is 5.16 Å². The first-order chi connectivity index (χ1) is 10.7. The molecule has 1 heterocycles. The number of ether oxygens (including phenoxy) is 1. The van der Waals surface area contributed by atoms with E-state index in [1.54, 1.807) is 13.0 Å². The molecular formula is C18H15NO3. The highest BCUT2D eigenvalue weighted by Gasteiger charge is 2.21. The Hall–Kier alpha value is -2.88. The number of nitrogens with zero attached hydrogens (tertiary/aromatic N) is 1. The number of carbonyl (C=O) groups excluding carboxylic acids is 1. The van der Waals surface area contributed by atoms with E-state index >= 15 is 0 Å². The lowest BCUT2D eigenvalue weighted by Gasteiger charge is -2.06. The van der Waals surface area contributed by atoms with Crippen LogP contribution in [0.15, 0.2) is 65.3 Å². The molecule has 0 unspecified atom stereocenters. The maximum atomic E-state index is 11.5. The van der Waals surface area contributed by atoms with Crippen molar-refractivity contribution < 1.29 is 14.4 Å². The predicted octanol–water partition coefficient (Wildman–Crippen LogP) is 3.58. The van der Waals surface area contributed by atoms with Crippen LogP contribution in [0.1, 0.15) is 18.1 Å². The lowest BCUT2D eigenvalue weighted by Crippen LogP contribution is -2.01. The molecular weight excluding hydrogens is 278 g/mol. The molecule has 0 bridgehead atoms. The van der Waals surface area contributed by atoms with Gasteiger partial charge in [0.1, 0.15) is 12.4 Å². The predicted molar refractivity (Wildman–Crippen MR) is 84.4 cm³/mol. The summed E-state index contributed by atoms with van der Waals surface area (Å²) in [7, 11) is 0. The fourth-order valence-electron chi connectivity index (χ4n) is 2.09. The Labute approximate surface area is 128 Å². The van der Waals surface area contributed by atoms with Crippen molar-refractivity contribution in [3.05, 3.63) is 71.3 Å². The van der Waals surface area contributed by atoms with Crippen molar-refractivity contribution in [3.8, 4) is 5.75 Å². The van der Waals surface area contributed by atoms with Gasteiger partial charge in [0.05, 0.1) is 11.3 Å². The van der Waals surface area contributed by atoms with E-state index in [9.17, 15) is 4.79 Å². The average Bonchev–Trinajstić information content (AvgIpc) is 2.87. The van der Waals surface area contributed by atoms with Crippen molar-refractivity contribution in [3.63, 3.8) is 0 Å². The normalized spacial score (nSPS) is 15.6. The van der Waals surface area contributed by atoms with Gasteiger partial charge < -0.3 is 9.57 Å². The largest absolute Gasteiger partial charge is 0.489 e. The molecule has 0 amide bonds. The van der Waals surface area contributed by atoms with Gasteiger partial charge in [-0.2, -0.15) is 0 Å². The van der Waals surface area contributed by atoms with Crippen LogP contribution in [0.2, 0.25) is 0 Å². The molecule has 3 rings (SSSR count). The van der Waals surface area contributed by atoms with E-state index in [1.807, 2.05) is 54.6 Å². The van der Waals surface area contributed by atoms with Gasteiger partial charge in [0, 0.05) is 0 Å². The first-order valence-corrected chi connectivity index (χ1v) is 6.97. The Balaban J connectivity index is 1.67. The summed E-state index contributed by atoms with van der Waals surface area (Å²) in [6.07, 6.45) is 1.76. The molecule has 0 spiro atoms. The van der Waals surface area contributed by atoms with Gasteiger partial charge in [0.2, 0.25) is 0 Å². The summed E-state index contributed by atoms with van der Waals surface area (Å²) >= 11 is 0. The van der Waals surface area contributed by atoms with Gasteiger partial charge in [-0.1, -0.05) is 47.6 Å². The van der Waals surface area contributed by atoms with E-state index in [0.717, 1.165) is 16.9 Å². The first kappa shape index (κ1) is 14.1. The Morgan fingerprint density at radius 2 is 1.82 bits per heavy atom. The van der Waals surface area contributed by atoms with E-state index in [2.05, 4.69) is 9.99 Å². The molecule has 4 nitrogen and oxygen atoms in total. The molecule has 22 heavy (non-hydrogen) atoms. The minimum Gasteiger partial charge on any atom is -0.489 e. The van der Waals surface area contributed by atoms with Crippen LogP contribution in [0, 0.1) is 0 Å². The lowest BCUT2D eigenvalue weighted by atomic mass is 10.1. The van der Waals surface area contributed by atoms with Crippen LogP contribution in [0.25, 0.3) is 6.08 Å². The van der Waals surface area contributed by atoms with Crippen molar-refractivity contribution in [1.82, 2.24) is 0 Å². The SMILES string of the molecule is CC1=NOC(=O)C1=Cc1ccc(OCc2ccccc2)cc1. The number of rotatable bonds is 4. The van der Waals surface area contributed by atoms with Gasteiger partial charge in [-0.05, 0) is 36.3 Å². The zero-order valence-electron chi connectivity index (χ0n) is 12.2. The summed E-state index contributed by atoms with van der Waals surface area (Å²) in [4.78, 5) is 16.1. The monoisotopic (exact) mass is 293 g/mol. The van der Waals surface area contributed by atoms with Crippen molar-refractivity contribution >= 4 is 17.8 Å². The van der Waals surface area contributed by atoms with Gasteiger partial charge >= 0.3 is 5.97 Å². The molecule has 1 aliphatic rings. The van der Waals surface area contributed by atoms with Crippen LogP contribution in [0.4, 0.5) is 0 Å². The first-order valence-electron chi connectivity index (χ1n) is 6.97. The van der Waals surface area contributed by atoms with Crippen LogP contribution in [-0.4, -0.2) is 11.7 Å². The van der Waals surface area contributed by atoms with E-state index in [1.165, 1.54) is 0 Å². The van der Waals surface area contributed by atoms with Crippen LogP contribution < -0.4 is 4.74 Å². The minimum atomic E-state index is -0.415. The maximum Gasteiger partial charge on any atom is 0.367 e. The minimum absolute atomic E-state index is 0.415. The highest BCUT2D eigenvalue weighted by atomic mass is 16.7. The quantitative estimate of drug-likeness (QED) is 0.639.